The van der Waals surface area contributed by atoms with Gasteiger partial charge < -0.3 is 10.1 Å². The fraction of sp³-hybridized carbons (Fsp3) is 0.176. The van der Waals surface area contributed by atoms with Crippen molar-refractivity contribution in [3.63, 3.8) is 0 Å². The highest BCUT2D eigenvalue weighted by molar-refractivity contribution is 6.32. The molecule has 1 atom stereocenters. The van der Waals surface area contributed by atoms with E-state index in [1.807, 2.05) is 0 Å². The van der Waals surface area contributed by atoms with Crippen LogP contribution < -0.4 is 10.1 Å². The Hall–Kier alpha value is -2.22. The number of benzene rings is 2. The number of carbonyl (C=O) groups excluding carboxylic acids is 1. The predicted octanol–water partition coefficient (Wildman–Crippen LogP) is 4.42. The lowest BCUT2D eigenvalue weighted by Gasteiger charge is -2.21. The Morgan fingerprint density at radius 1 is 1.22 bits per heavy atom. The number of nitriles is 1. The molecule has 1 amide bonds. The summed E-state index contributed by atoms with van der Waals surface area (Å²) < 4.78 is 5.06. The molecule has 6 heteroatoms. The monoisotopic (exact) mass is 348 g/mol. The fourth-order valence-corrected chi connectivity index (χ4v) is 2.41. The summed E-state index contributed by atoms with van der Waals surface area (Å²) in [5.74, 6) is 0.0500. The maximum absolute atomic E-state index is 12.6. The normalized spacial score (nSPS) is 12.8. The lowest BCUT2D eigenvalue weighted by molar-refractivity contribution is -0.119. The summed E-state index contributed by atoms with van der Waals surface area (Å²) in [6.45, 7) is 1.55. The van der Waals surface area contributed by atoms with Gasteiger partial charge in [0, 0.05) is 10.7 Å². The molecule has 0 fully saturated rings. The van der Waals surface area contributed by atoms with Gasteiger partial charge in [-0.05, 0) is 42.8 Å². The number of nitrogens with zero attached hydrogens (tertiary/aromatic N) is 1. The summed E-state index contributed by atoms with van der Waals surface area (Å²) in [5.41, 5.74) is -0.311. The van der Waals surface area contributed by atoms with E-state index in [2.05, 4.69) is 11.4 Å². The zero-order valence-corrected chi connectivity index (χ0v) is 14.1. The minimum absolute atomic E-state index is 0.371. The first-order valence-electron chi connectivity index (χ1n) is 6.73. The Morgan fingerprint density at radius 2 is 1.87 bits per heavy atom. The van der Waals surface area contributed by atoms with Crippen LogP contribution in [0.1, 0.15) is 12.5 Å². The lowest BCUT2D eigenvalue weighted by Crippen LogP contribution is -2.36. The molecule has 1 N–H and O–H groups in total. The molecule has 0 aromatic heterocycles. The number of ether oxygens (including phenoxy) is 1. The Balaban J connectivity index is 2.28. The van der Waals surface area contributed by atoms with Gasteiger partial charge in [-0.25, -0.2) is 0 Å². The van der Waals surface area contributed by atoms with Crippen molar-refractivity contribution in [3.8, 4) is 11.8 Å². The van der Waals surface area contributed by atoms with Crippen LogP contribution in [0.5, 0.6) is 5.75 Å². The minimum atomic E-state index is -1.35. The van der Waals surface area contributed by atoms with Gasteiger partial charge in [-0.2, -0.15) is 5.26 Å². The first-order valence-corrected chi connectivity index (χ1v) is 7.48. The van der Waals surface area contributed by atoms with E-state index < -0.39 is 11.3 Å². The molecule has 23 heavy (non-hydrogen) atoms. The number of hydrogen-bond acceptors (Lipinski definition) is 3. The zero-order valence-electron chi connectivity index (χ0n) is 12.6. The lowest BCUT2D eigenvalue weighted by atomic mass is 9.83. The molecule has 2 aromatic rings. The second-order valence-electron chi connectivity index (χ2n) is 5.05. The van der Waals surface area contributed by atoms with E-state index in [0.717, 1.165) is 0 Å². The van der Waals surface area contributed by atoms with E-state index in [1.165, 1.54) is 7.11 Å². The molecule has 0 aliphatic rings. The van der Waals surface area contributed by atoms with Crippen molar-refractivity contribution in [1.82, 2.24) is 0 Å². The van der Waals surface area contributed by atoms with E-state index in [1.54, 1.807) is 49.4 Å². The molecule has 0 saturated heterocycles. The van der Waals surface area contributed by atoms with Gasteiger partial charge in [-0.1, -0.05) is 35.3 Å². The number of amides is 1. The van der Waals surface area contributed by atoms with Gasteiger partial charge in [0.05, 0.1) is 18.2 Å². The summed E-state index contributed by atoms with van der Waals surface area (Å²) in [5, 5.41) is 13.1. The summed E-state index contributed by atoms with van der Waals surface area (Å²) in [6, 6.07) is 13.5. The van der Waals surface area contributed by atoms with Gasteiger partial charge in [0.1, 0.15) is 5.75 Å². The molecule has 0 spiro atoms. The molecule has 0 aliphatic carbocycles. The third-order valence-corrected chi connectivity index (χ3v) is 4.06. The van der Waals surface area contributed by atoms with Gasteiger partial charge in [0.15, 0.2) is 5.41 Å². The first-order chi connectivity index (χ1) is 10.9. The number of nitrogens with one attached hydrogen (secondary N) is 1. The highest BCUT2D eigenvalue weighted by Gasteiger charge is 2.35. The van der Waals surface area contributed by atoms with Crippen LogP contribution in [0.3, 0.4) is 0 Å². The average Bonchev–Trinajstić information content (AvgIpc) is 2.55. The topological polar surface area (TPSA) is 62.1 Å². The average molecular weight is 349 g/mol. The van der Waals surface area contributed by atoms with Crippen LogP contribution in [0, 0.1) is 11.3 Å². The molecule has 0 bridgehead atoms. The van der Waals surface area contributed by atoms with Crippen LogP contribution in [0.25, 0.3) is 0 Å². The Kier molecular flexibility index (Phi) is 5.15. The molecule has 0 heterocycles. The number of hydrogen-bond donors (Lipinski definition) is 1. The van der Waals surface area contributed by atoms with Crippen molar-refractivity contribution in [2.75, 3.05) is 12.4 Å². The maximum Gasteiger partial charge on any atom is 0.249 e. The van der Waals surface area contributed by atoms with Crippen molar-refractivity contribution in [2.24, 2.45) is 0 Å². The number of carbonyl (C=O) groups is 1. The van der Waals surface area contributed by atoms with Crippen molar-refractivity contribution in [2.45, 2.75) is 12.3 Å². The van der Waals surface area contributed by atoms with Crippen molar-refractivity contribution < 1.29 is 9.53 Å². The van der Waals surface area contributed by atoms with Crippen LogP contribution in [0.2, 0.25) is 10.0 Å². The van der Waals surface area contributed by atoms with E-state index in [9.17, 15) is 10.1 Å². The molecule has 0 saturated carbocycles. The molecular formula is C17H14Cl2N2O2. The summed E-state index contributed by atoms with van der Waals surface area (Å²) in [4.78, 5) is 12.6. The Morgan fingerprint density at radius 3 is 2.39 bits per heavy atom. The third-order valence-electron chi connectivity index (χ3n) is 3.51. The van der Waals surface area contributed by atoms with E-state index >= 15 is 0 Å². The molecule has 1 unspecified atom stereocenters. The highest BCUT2D eigenvalue weighted by Crippen LogP contribution is 2.30. The number of anilines is 1. The van der Waals surface area contributed by atoms with Crippen molar-refractivity contribution >= 4 is 34.8 Å². The second kappa shape index (κ2) is 6.91. The van der Waals surface area contributed by atoms with Gasteiger partial charge in [-0.15, -0.1) is 0 Å². The molecule has 2 aromatic carbocycles. The summed E-state index contributed by atoms with van der Waals surface area (Å²) in [6.07, 6.45) is 0. The zero-order chi connectivity index (χ0) is 17.0. The van der Waals surface area contributed by atoms with Crippen LogP contribution in [-0.4, -0.2) is 13.0 Å². The number of rotatable bonds is 4. The smallest absolute Gasteiger partial charge is 0.249 e. The van der Waals surface area contributed by atoms with Gasteiger partial charge in [0.25, 0.3) is 0 Å². The summed E-state index contributed by atoms with van der Waals surface area (Å²) >= 11 is 11.9. The molecule has 118 valence electrons. The quantitative estimate of drug-likeness (QED) is 0.889. The standard InChI is InChI=1S/C17H14Cl2N2O2/c1-17(10-20,11-3-5-12(18)6-4-11)16(22)21-13-7-8-15(23-2)14(19)9-13/h3-9H,1-2H3,(H,21,22). The van der Waals surface area contributed by atoms with Crippen molar-refractivity contribution in [1.29, 1.82) is 5.26 Å². The van der Waals surface area contributed by atoms with Crippen LogP contribution in [-0.2, 0) is 10.2 Å². The maximum atomic E-state index is 12.6. The Labute approximate surface area is 144 Å². The van der Waals surface area contributed by atoms with Gasteiger partial charge in [0.2, 0.25) is 5.91 Å². The van der Waals surface area contributed by atoms with Crippen LogP contribution >= 0.6 is 23.2 Å². The van der Waals surface area contributed by atoms with Crippen LogP contribution in [0.15, 0.2) is 42.5 Å². The van der Waals surface area contributed by atoms with Crippen molar-refractivity contribution in [3.05, 3.63) is 58.1 Å². The molecular weight excluding hydrogens is 335 g/mol. The third kappa shape index (κ3) is 3.58. The SMILES string of the molecule is COc1ccc(NC(=O)C(C)(C#N)c2ccc(Cl)cc2)cc1Cl. The van der Waals surface area contributed by atoms with E-state index in [4.69, 9.17) is 27.9 Å². The molecule has 0 radical (unpaired) electrons. The van der Waals surface area contributed by atoms with E-state index in [-0.39, 0.29) is 0 Å². The fourth-order valence-electron chi connectivity index (χ4n) is 2.03. The minimum Gasteiger partial charge on any atom is -0.495 e. The second-order valence-corrected chi connectivity index (χ2v) is 5.89. The molecule has 0 aliphatic heterocycles. The Bertz CT molecular complexity index is 769. The summed E-state index contributed by atoms with van der Waals surface area (Å²) in [7, 11) is 1.51. The number of methoxy groups -OCH3 is 1. The largest absolute Gasteiger partial charge is 0.495 e. The molecule has 4 nitrogen and oxygen atoms in total. The van der Waals surface area contributed by atoms with Gasteiger partial charge in [-0.3, -0.25) is 4.79 Å². The predicted molar refractivity (Wildman–Crippen MR) is 91.1 cm³/mol. The number of halogens is 2. The van der Waals surface area contributed by atoms with Gasteiger partial charge >= 0.3 is 0 Å². The van der Waals surface area contributed by atoms with Crippen LogP contribution in [0.4, 0.5) is 5.69 Å². The molecule has 2 rings (SSSR count). The van der Waals surface area contributed by atoms with E-state index in [0.29, 0.717) is 27.0 Å². The first kappa shape index (κ1) is 17.1. The highest BCUT2D eigenvalue weighted by atomic mass is 35.5.